The lowest BCUT2D eigenvalue weighted by atomic mass is 10.0. The maximum absolute atomic E-state index is 12.9. The van der Waals surface area contributed by atoms with Gasteiger partial charge >= 0.3 is 0 Å². The Balaban J connectivity index is 0.000000333. The van der Waals surface area contributed by atoms with Gasteiger partial charge < -0.3 is 19.5 Å². The molecule has 0 aliphatic heterocycles. The molecule has 5 aromatic rings. The summed E-state index contributed by atoms with van der Waals surface area (Å²) in [4.78, 5) is 30.1. The fraction of sp³-hybridized carbons (Fsp3) is 0.323. The van der Waals surface area contributed by atoms with Crippen LogP contribution in [0, 0.1) is 12.8 Å². The zero-order valence-corrected chi connectivity index (χ0v) is 23.8. The van der Waals surface area contributed by atoms with E-state index >= 15 is 0 Å². The van der Waals surface area contributed by atoms with E-state index in [1.54, 1.807) is 48.1 Å². The highest BCUT2D eigenvalue weighted by atomic mass is 32.1. The number of thiazole rings is 1. The molecule has 0 unspecified atom stereocenters. The third kappa shape index (κ3) is 7.57. The lowest BCUT2D eigenvalue weighted by Crippen LogP contribution is -2.48. The molecule has 2 amide bonds. The molecule has 0 saturated heterocycles. The average Bonchev–Trinajstić information content (AvgIpc) is 3.67. The molecule has 1 atom stereocenters. The molecule has 39 heavy (non-hydrogen) atoms. The summed E-state index contributed by atoms with van der Waals surface area (Å²) in [5.41, 5.74) is 4.07. The largest absolute Gasteiger partial charge is 0.464 e. The molecule has 0 spiro atoms. The van der Waals surface area contributed by atoms with Gasteiger partial charge in [0.15, 0.2) is 0 Å². The van der Waals surface area contributed by atoms with E-state index in [0.29, 0.717) is 35.9 Å². The van der Waals surface area contributed by atoms with Crippen LogP contribution in [0.25, 0.3) is 21.9 Å². The second-order valence-electron chi connectivity index (χ2n) is 10.3. The van der Waals surface area contributed by atoms with Crippen LogP contribution < -0.4 is 10.6 Å². The summed E-state index contributed by atoms with van der Waals surface area (Å²) in [5.74, 6) is 0.403. The van der Waals surface area contributed by atoms with Gasteiger partial charge in [-0.15, -0.1) is 11.3 Å². The van der Waals surface area contributed by atoms with Gasteiger partial charge in [0.25, 0.3) is 5.91 Å². The van der Waals surface area contributed by atoms with Crippen molar-refractivity contribution in [1.82, 2.24) is 15.6 Å². The number of fused-ring (bicyclic) bond motifs is 2. The van der Waals surface area contributed by atoms with E-state index in [9.17, 15) is 9.59 Å². The topological polar surface area (TPSA) is 97.4 Å². The summed E-state index contributed by atoms with van der Waals surface area (Å²) < 4.78 is 10.7. The Morgan fingerprint density at radius 2 is 1.59 bits per heavy atom. The normalized spacial score (nSPS) is 12.0. The molecule has 204 valence electrons. The third-order valence-electron chi connectivity index (χ3n) is 6.11. The fourth-order valence-corrected chi connectivity index (χ4v) is 4.82. The molecule has 3 aromatic heterocycles. The van der Waals surface area contributed by atoms with E-state index in [1.165, 1.54) is 5.01 Å². The van der Waals surface area contributed by atoms with Gasteiger partial charge in [-0.3, -0.25) is 9.59 Å². The number of benzene rings is 2. The zero-order valence-electron chi connectivity index (χ0n) is 23.0. The predicted octanol–water partition coefficient (Wildman–Crippen LogP) is 6.87. The van der Waals surface area contributed by atoms with Crippen molar-refractivity contribution in [1.29, 1.82) is 0 Å². The smallest absolute Gasteiger partial charge is 0.251 e. The van der Waals surface area contributed by atoms with Crippen molar-refractivity contribution in [3.05, 3.63) is 88.3 Å². The minimum Gasteiger partial charge on any atom is -0.464 e. The van der Waals surface area contributed by atoms with Crippen molar-refractivity contribution in [2.45, 2.75) is 53.0 Å². The molecule has 7 nitrogen and oxygen atoms in total. The molecule has 3 heterocycles. The van der Waals surface area contributed by atoms with E-state index in [0.717, 1.165) is 27.6 Å². The van der Waals surface area contributed by atoms with Crippen molar-refractivity contribution in [2.75, 3.05) is 6.54 Å². The van der Waals surface area contributed by atoms with Crippen LogP contribution in [0.4, 0.5) is 0 Å². The number of aryl methyl sites for hydroxylation is 1. The van der Waals surface area contributed by atoms with Gasteiger partial charge in [0.2, 0.25) is 5.91 Å². The van der Waals surface area contributed by atoms with Crippen molar-refractivity contribution in [2.24, 2.45) is 5.92 Å². The van der Waals surface area contributed by atoms with Crippen LogP contribution in [0.2, 0.25) is 0 Å². The average molecular weight is 546 g/mol. The van der Waals surface area contributed by atoms with Crippen LogP contribution in [-0.2, 0) is 11.2 Å². The van der Waals surface area contributed by atoms with E-state index in [4.69, 9.17) is 8.83 Å². The van der Waals surface area contributed by atoms with Gasteiger partial charge in [-0.05, 0) is 60.9 Å². The first-order valence-electron chi connectivity index (χ1n) is 13.1. The van der Waals surface area contributed by atoms with Crippen LogP contribution in [0.3, 0.4) is 0 Å². The van der Waals surface area contributed by atoms with Crippen molar-refractivity contribution in [3.63, 3.8) is 0 Å². The van der Waals surface area contributed by atoms with Gasteiger partial charge in [-0.25, -0.2) is 4.98 Å². The highest BCUT2D eigenvalue weighted by Crippen LogP contribution is 2.20. The Morgan fingerprint density at radius 3 is 2.18 bits per heavy atom. The number of amides is 2. The summed E-state index contributed by atoms with van der Waals surface area (Å²) in [5, 5.41) is 11.0. The lowest BCUT2D eigenvalue weighted by molar-refractivity contribution is -0.123. The van der Waals surface area contributed by atoms with Crippen LogP contribution in [-0.4, -0.2) is 29.4 Å². The zero-order chi connectivity index (χ0) is 27.9. The number of nitrogens with zero attached hydrogens (tertiary/aromatic N) is 1. The Hall–Kier alpha value is -3.91. The molecule has 2 N–H and O–H groups in total. The maximum atomic E-state index is 12.9. The Labute approximate surface area is 232 Å². The van der Waals surface area contributed by atoms with Gasteiger partial charge in [-0.2, -0.15) is 0 Å². The number of furan rings is 2. The van der Waals surface area contributed by atoms with Gasteiger partial charge in [0, 0.05) is 46.3 Å². The Morgan fingerprint density at radius 1 is 0.923 bits per heavy atom. The van der Waals surface area contributed by atoms with Gasteiger partial charge in [0.1, 0.15) is 17.2 Å². The number of carbonyl (C=O) groups excluding carboxylic acids is 2. The second kappa shape index (κ2) is 12.8. The highest BCUT2D eigenvalue weighted by Gasteiger charge is 2.22. The molecule has 8 heteroatoms. The molecule has 0 aliphatic rings. The molecule has 0 saturated carbocycles. The van der Waals surface area contributed by atoms with Crippen molar-refractivity contribution < 1.29 is 18.4 Å². The number of carbonyl (C=O) groups is 2. The number of hydrogen-bond donors (Lipinski definition) is 2. The molecule has 0 bridgehead atoms. The number of hydrogen-bond acceptors (Lipinski definition) is 6. The number of nitrogens with one attached hydrogen (secondary N) is 2. The molecule has 0 fully saturated rings. The monoisotopic (exact) mass is 545 g/mol. The lowest BCUT2D eigenvalue weighted by Gasteiger charge is -2.19. The van der Waals surface area contributed by atoms with Gasteiger partial charge in [0.05, 0.1) is 17.5 Å². The molecular weight excluding hydrogens is 510 g/mol. The first-order valence-corrected chi connectivity index (χ1v) is 14.0. The van der Waals surface area contributed by atoms with E-state index in [2.05, 4.69) is 34.8 Å². The minimum atomic E-state index is -0.694. The first kappa shape index (κ1) is 28.1. The summed E-state index contributed by atoms with van der Waals surface area (Å²) >= 11 is 1.75. The predicted molar refractivity (Wildman–Crippen MR) is 156 cm³/mol. The summed E-state index contributed by atoms with van der Waals surface area (Å²) in [6, 6.07) is 14.0. The van der Waals surface area contributed by atoms with Gasteiger partial charge in [-0.1, -0.05) is 33.8 Å². The molecule has 0 aliphatic carbocycles. The first-order chi connectivity index (χ1) is 18.7. The fourth-order valence-electron chi connectivity index (χ4n) is 4.00. The van der Waals surface area contributed by atoms with E-state index in [1.807, 2.05) is 45.0 Å². The quantitative estimate of drug-likeness (QED) is 0.222. The summed E-state index contributed by atoms with van der Waals surface area (Å²) in [6.45, 7) is 11.0. The van der Waals surface area contributed by atoms with Crippen LogP contribution in [0.15, 0.2) is 75.3 Å². The number of aromatic nitrogens is 1. The Kier molecular flexibility index (Phi) is 9.19. The second-order valence-corrected chi connectivity index (χ2v) is 11.2. The summed E-state index contributed by atoms with van der Waals surface area (Å²) in [6.07, 6.45) is 3.60. The van der Waals surface area contributed by atoms with Crippen molar-refractivity contribution >= 4 is 45.1 Å². The Bertz CT molecular complexity index is 1550. The minimum absolute atomic E-state index is 0.200. The molecule has 0 radical (unpaired) electrons. The third-order valence-corrected chi connectivity index (χ3v) is 7.37. The maximum Gasteiger partial charge on any atom is 0.251 e. The van der Waals surface area contributed by atoms with Crippen molar-refractivity contribution in [3.8, 4) is 0 Å². The highest BCUT2D eigenvalue weighted by molar-refractivity contribution is 7.09. The molecule has 2 aromatic carbocycles. The molecule has 5 rings (SSSR count). The van der Waals surface area contributed by atoms with E-state index in [-0.39, 0.29) is 11.8 Å². The van der Waals surface area contributed by atoms with E-state index < -0.39 is 6.04 Å². The molecular formula is C31H35N3O4S. The standard InChI is InChI=1S/C24H24N2O4.C7H11NS/c1-15(2)14-25-24(28)20(12-16-3-5-21-17(11-16)7-9-29-21)26-23(27)19-4-6-22-18(13-19)8-10-30-22;1-5(2)7-8-6(3)4-9-7/h3-11,13,15,20H,12,14H2,1-2H3,(H,25,28)(H,26,27);4-5H,1-3H3/t20-;/m1./s1. The summed E-state index contributed by atoms with van der Waals surface area (Å²) in [7, 11) is 0. The van der Waals surface area contributed by atoms with Crippen LogP contribution in [0.5, 0.6) is 0 Å². The SMILES string of the molecule is CC(C)CNC(=O)[C@@H](Cc1ccc2occc2c1)NC(=O)c1ccc2occc2c1.Cc1csc(C(C)C)n1. The van der Waals surface area contributed by atoms with Crippen LogP contribution in [0.1, 0.15) is 60.2 Å². The van der Waals surface area contributed by atoms with Crippen LogP contribution >= 0.6 is 11.3 Å². The number of rotatable bonds is 8.